The van der Waals surface area contributed by atoms with Gasteiger partial charge >= 0.3 is 0 Å². The summed E-state index contributed by atoms with van der Waals surface area (Å²) < 4.78 is 11.7. The normalized spacial score (nSPS) is 29.9. The summed E-state index contributed by atoms with van der Waals surface area (Å²) in [6.07, 6.45) is 0.288. The van der Waals surface area contributed by atoms with Gasteiger partial charge in [-0.2, -0.15) is 0 Å². The van der Waals surface area contributed by atoms with Gasteiger partial charge in [0.2, 0.25) is 0 Å². The van der Waals surface area contributed by atoms with Crippen LogP contribution in [0.1, 0.15) is 18.5 Å². The molecule has 4 heteroatoms. The Kier molecular flexibility index (Phi) is 4.24. The molecule has 1 aromatic rings. The van der Waals surface area contributed by atoms with Crippen molar-refractivity contribution in [1.29, 1.82) is 0 Å². The van der Waals surface area contributed by atoms with Gasteiger partial charge in [-0.15, -0.1) is 0 Å². The molecular formula is C16H24N2O2. The second-order valence-electron chi connectivity index (χ2n) is 5.91. The SMILES string of the molecule is CC1COc2ccccc2C1N(C)CC1CNCCO1. The molecule has 1 aromatic carbocycles. The molecule has 3 unspecified atom stereocenters. The quantitative estimate of drug-likeness (QED) is 0.910. The van der Waals surface area contributed by atoms with E-state index in [1.807, 2.05) is 6.07 Å². The number of nitrogens with one attached hydrogen (secondary N) is 1. The molecule has 3 atom stereocenters. The smallest absolute Gasteiger partial charge is 0.124 e. The molecule has 0 bridgehead atoms. The maximum atomic E-state index is 5.84. The summed E-state index contributed by atoms with van der Waals surface area (Å²) in [5, 5.41) is 3.40. The molecule has 1 fully saturated rings. The first kappa shape index (κ1) is 13.9. The molecule has 0 saturated carbocycles. The summed E-state index contributed by atoms with van der Waals surface area (Å²) in [5.74, 6) is 1.52. The molecule has 2 aliphatic rings. The molecule has 4 nitrogen and oxygen atoms in total. The van der Waals surface area contributed by atoms with Gasteiger partial charge in [-0.25, -0.2) is 0 Å². The van der Waals surface area contributed by atoms with Crippen molar-refractivity contribution in [1.82, 2.24) is 10.2 Å². The van der Waals surface area contributed by atoms with Gasteiger partial charge in [0.1, 0.15) is 5.75 Å². The van der Waals surface area contributed by atoms with Crippen molar-refractivity contribution in [3.8, 4) is 5.75 Å². The molecule has 2 aliphatic heterocycles. The van der Waals surface area contributed by atoms with E-state index < -0.39 is 0 Å². The maximum absolute atomic E-state index is 5.84. The zero-order valence-corrected chi connectivity index (χ0v) is 12.3. The number of para-hydroxylation sites is 1. The van der Waals surface area contributed by atoms with Crippen molar-refractivity contribution in [2.75, 3.05) is 39.9 Å². The van der Waals surface area contributed by atoms with Crippen LogP contribution in [-0.2, 0) is 4.74 Å². The minimum Gasteiger partial charge on any atom is -0.493 e. The van der Waals surface area contributed by atoms with Crippen molar-refractivity contribution in [3.63, 3.8) is 0 Å². The van der Waals surface area contributed by atoms with E-state index >= 15 is 0 Å². The second-order valence-corrected chi connectivity index (χ2v) is 5.91. The molecule has 0 aromatic heterocycles. The maximum Gasteiger partial charge on any atom is 0.124 e. The lowest BCUT2D eigenvalue weighted by atomic mass is 9.90. The van der Waals surface area contributed by atoms with E-state index in [9.17, 15) is 0 Å². The zero-order chi connectivity index (χ0) is 13.9. The highest BCUT2D eigenvalue weighted by Gasteiger charge is 2.32. The average Bonchev–Trinajstić information content (AvgIpc) is 2.48. The van der Waals surface area contributed by atoms with Crippen LogP contribution in [0.3, 0.4) is 0 Å². The van der Waals surface area contributed by atoms with E-state index in [4.69, 9.17) is 9.47 Å². The monoisotopic (exact) mass is 276 g/mol. The van der Waals surface area contributed by atoms with Gasteiger partial charge in [-0.05, 0) is 13.1 Å². The lowest BCUT2D eigenvalue weighted by Crippen LogP contribution is -2.46. The molecule has 1 N–H and O–H groups in total. The average molecular weight is 276 g/mol. The van der Waals surface area contributed by atoms with Crippen molar-refractivity contribution in [2.24, 2.45) is 5.92 Å². The number of nitrogens with zero attached hydrogens (tertiary/aromatic N) is 1. The van der Waals surface area contributed by atoms with E-state index in [0.717, 1.165) is 38.6 Å². The van der Waals surface area contributed by atoms with Crippen molar-refractivity contribution >= 4 is 0 Å². The zero-order valence-electron chi connectivity index (χ0n) is 12.3. The van der Waals surface area contributed by atoms with E-state index in [-0.39, 0.29) is 6.10 Å². The number of rotatable bonds is 3. The van der Waals surface area contributed by atoms with E-state index in [2.05, 4.69) is 42.4 Å². The van der Waals surface area contributed by atoms with Gasteiger partial charge in [0.25, 0.3) is 0 Å². The summed E-state index contributed by atoms with van der Waals surface area (Å²) in [7, 11) is 2.20. The van der Waals surface area contributed by atoms with Gasteiger partial charge in [-0.3, -0.25) is 4.90 Å². The van der Waals surface area contributed by atoms with Crippen LogP contribution in [0.15, 0.2) is 24.3 Å². The predicted octanol–water partition coefficient (Wildman–Crippen LogP) is 1.68. The van der Waals surface area contributed by atoms with Crippen LogP contribution in [0.25, 0.3) is 0 Å². The number of likely N-dealkylation sites (N-methyl/N-ethyl adjacent to an activating group) is 1. The molecule has 1 saturated heterocycles. The third-order valence-electron chi connectivity index (χ3n) is 4.25. The fourth-order valence-electron chi connectivity index (χ4n) is 3.32. The molecule has 3 rings (SSSR count). The fraction of sp³-hybridized carbons (Fsp3) is 0.625. The van der Waals surface area contributed by atoms with Crippen LogP contribution in [-0.4, -0.2) is 50.9 Å². The molecule has 0 aliphatic carbocycles. The number of fused-ring (bicyclic) bond motifs is 1. The number of benzene rings is 1. The minimum absolute atomic E-state index is 0.288. The summed E-state index contributed by atoms with van der Waals surface area (Å²) in [4.78, 5) is 2.42. The van der Waals surface area contributed by atoms with Gasteiger partial charge in [0, 0.05) is 37.2 Å². The Balaban J connectivity index is 1.74. The van der Waals surface area contributed by atoms with Gasteiger partial charge in [-0.1, -0.05) is 25.1 Å². The van der Waals surface area contributed by atoms with E-state index in [0.29, 0.717) is 12.0 Å². The fourth-order valence-corrected chi connectivity index (χ4v) is 3.32. The minimum atomic E-state index is 0.288. The van der Waals surface area contributed by atoms with E-state index in [1.54, 1.807) is 0 Å². The topological polar surface area (TPSA) is 33.7 Å². The van der Waals surface area contributed by atoms with Gasteiger partial charge in [0.05, 0.1) is 19.3 Å². The van der Waals surface area contributed by atoms with Crippen LogP contribution < -0.4 is 10.1 Å². The third kappa shape index (κ3) is 2.82. The second kappa shape index (κ2) is 6.12. The lowest BCUT2D eigenvalue weighted by Gasteiger charge is -2.39. The van der Waals surface area contributed by atoms with Crippen LogP contribution >= 0.6 is 0 Å². The van der Waals surface area contributed by atoms with Crippen LogP contribution in [0, 0.1) is 5.92 Å². The first-order valence-electron chi connectivity index (χ1n) is 7.50. The highest BCUT2D eigenvalue weighted by molar-refractivity contribution is 5.38. The van der Waals surface area contributed by atoms with Crippen LogP contribution in [0.4, 0.5) is 0 Å². The van der Waals surface area contributed by atoms with Crippen molar-refractivity contribution in [3.05, 3.63) is 29.8 Å². The third-order valence-corrected chi connectivity index (χ3v) is 4.25. The lowest BCUT2D eigenvalue weighted by molar-refractivity contribution is -0.00759. The Morgan fingerprint density at radius 2 is 2.20 bits per heavy atom. The predicted molar refractivity (Wildman–Crippen MR) is 79.1 cm³/mol. The molecule has 110 valence electrons. The first-order valence-corrected chi connectivity index (χ1v) is 7.50. The molecule has 2 heterocycles. The summed E-state index contributed by atoms with van der Waals surface area (Å²) >= 11 is 0. The first-order chi connectivity index (χ1) is 9.75. The molecule has 20 heavy (non-hydrogen) atoms. The summed E-state index contributed by atoms with van der Waals surface area (Å²) in [6, 6.07) is 8.80. The standard InChI is InChI=1S/C16H24N2O2/c1-12-11-20-15-6-4-3-5-14(15)16(12)18(2)10-13-9-17-7-8-19-13/h3-6,12-13,16-17H,7-11H2,1-2H3. The number of ether oxygens (including phenoxy) is 2. The van der Waals surface area contributed by atoms with Crippen LogP contribution in [0.5, 0.6) is 5.75 Å². The highest BCUT2D eigenvalue weighted by Crippen LogP contribution is 2.38. The molecule has 0 spiro atoms. The molecule has 0 radical (unpaired) electrons. The van der Waals surface area contributed by atoms with Crippen molar-refractivity contribution < 1.29 is 9.47 Å². The molecular weight excluding hydrogens is 252 g/mol. The molecule has 0 amide bonds. The van der Waals surface area contributed by atoms with E-state index in [1.165, 1.54) is 5.56 Å². The number of morpholine rings is 1. The highest BCUT2D eigenvalue weighted by atomic mass is 16.5. The Morgan fingerprint density at radius 1 is 1.35 bits per heavy atom. The number of hydrogen-bond donors (Lipinski definition) is 1. The van der Waals surface area contributed by atoms with Crippen molar-refractivity contribution in [2.45, 2.75) is 19.1 Å². The Bertz CT molecular complexity index is 446. The van der Waals surface area contributed by atoms with Gasteiger partial charge in [0.15, 0.2) is 0 Å². The van der Waals surface area contributed by atoms with Gasteiger partial charge < -0.3 is 14.8 Å². The van der Waals surface area contributed by atoms with Crippen LogP contribution in [0.2, 0.25) is 0 Å². The Hall–Kier alpha value is -1.10. The number of hydrogen-bond acceptors (Lipinski definition) is 4. The Labute approximate surface area is 121 Å². The Morgan fingerprint density at radius 3 is 3.00 bits per heavy atom. The largest absolute Gasteiger partial charge is 0.493 e. The summed E-state index contributed by atoms with van der Waals surface area (Å²) in [5.41, 5.74) is 1.30. The summed E-state index contributed by atoms with van der Waals surface area (Å²) in [6.45, 7) is 6.74.